The van der Waals surface area contributed by atoms with Crippen molar-refractivity contribution in [2.45, 2.75) is 44.8 Å². The monoisotopic (exact) mass is 324 g/mol. The van der Waals surface area contributed by atoms with Gasteiger partial charge in [0, 0.05) is 12.1 Å². The number of aliphatic hydroxyl groups excluding tert-OH is 1. The van der Waals surface area contributed by atoms with Crippen molar-refractivity contribution >= 4 is 11.7 Å². The zero-order valence-electron chi connectivity index (χ0n) is 14.3. The number of rotatable bonds is 2. The molecule has 2 aromatic rings. The molecule has 0 aromatic heterocycles. The minimum Gasteiger partial charge on any atom is -0.390 e. The van der Waals surface area contributed by atoms with Gasteiger partial charge in [0.15, 0.2) is 0 Å². The molecule has 4 nitrogen and oxygen atoms in total. The SMILES string of the molecule is CC(C)(C)c1ccccc1NC(=O)N[C@H]1c2ccccc2C[C@H]1O. The van der Waals surface area contributed by atoms with Crippen LogP contribution >= 0.6 is 0 Å². The summed E-state index contributed by atoms with van der Waals surface area (Å²) in [5, 5.41) is 16.1. The second-order valence-electron chi connectivity index (χ2n) is 7.34. The van der Waals surface area contributed by atoms with Gasteiger partial charge in [0.2, 0.25) is 0 Å². The molecule has 0 saturated heterocycles. The Bertz CT molecular complexity index is 749. The lowest BCUT2D eigenvalue weighted by atomic mass is 9.86. The van der Waals surface area contributed by atoms with Gasteiger partial charge in [-0.1, -0.05) is 63.2 Å². The van der Waals surface area contributed by atoms with E-state index in [1.807, 2.05) is 48.5 Å². The predicted molar refractivity (Wildman–Crippen MR) is 96.2 cm³/mol. The normalized spacial score (nSPS) is 19.7. The van der Waals surface area contributed by atoms with Crippen molar-refractivity contribution in [2.24, 2.45) is 0 Å². The lowest BCUT2D eigenvalue weighted by Gasteiger charge is -2.24. The second kappa shape index (κ2) is 6.29. The minimum atomic E-state index is -0.592. The minimum absolute atomic E-state index is 0.0661. The van der Waals surface area contributed by atoms with Gasteiger partial charge in [-0.2, -0.15) is 0 Å². The van der Waals surface area contributed by atoms with Crippen molar-refractivity contribution in [3.8, 4) is 0 Å². The fourth-order valence-electron chi connectivity index (χ4n) is 3.29. The average molecular weight is 324 g/mol. The zero-order valence-corrected chi connectivity index (χ0v) is 14.3. The number of amides is 2. The summed E-state index contributed by atoms with van der Waals surface area (Å²) in [5.41, 5.74) is 3.88. The molecule has 3 N–H and O–H groups in total. The summed E-state index contributed by atoms with van der Waals surface area (Å²) in [4.78, 5) is 12.5. The van der Waals surface area contributed by atoms with Gasteiger partial charge in [-0.05, 0) is 28.2 Å². The molecule has 3 rings (SSSR count). The van der Waals surface area contributed by atoms with Gasteiger partial charge >= 0.3 is 6.03 Å². The Kier molecular flexibility index (Phi) is 4.33. The number of carbonyl (C=O) groups excluding carboxylic acids is 1. The molecule has 2 aromatic carbocycles. The summed E-state index contributed by atoms with van der Waals surface area (Å²) in [7, 11) is 0. The van der Waals surface area contributed by atoms with Crippen LogP contribution in [0.5, 0.6) is 0 Å². The van der Waals surface area contributed by atoms with E-state index in [2.05, 4.69) is 31.4 Å². The number of para-hydroxylation sites is 1. The fourth-order valence-corrected chi connectivity index (χ4v) is 3.29. The third kappa shape index (κ3) is 3.29. The van der Waals surface area contributed by atoms with Gasteiger partial charge in [-0.25, -0.2) is 4.79 Å². The summed E-state index contributed by atoms with van der Waals surface area (Å²) in [6, 6.07) is 15.0. The molecule has 0 unspecified atom stereocenters. The van der Waals surface area contributed by atoms with Crippen LogP contribution in [0.25, 0.3) is 0 Å². The van der Waals surface area contributed by atoms with Gasteiger partial charge in [0.1, 0.15) is 0 Å². The van der Waals surface area contributed by atoms with E-state index in [9.17, 15) is 9.90 Å². The molecule has 1 aliphatic rings. The molecule has 0 aliphatic heterocycles. The van der Waals surface area contributed by atoms with E-state index in [0.29, 0.717) is 6.42 Å². The Morgan fingerprint density at radius 1 is 1.08 bits per heavy atom. The molecule has 2 amide bonds. The topological polar surface area (TPSA) is 61.4 Å². The first-order chi connectivity index (χ1) is 11.4. The van der Waals surface area contributed by atoms with E-state index in [0.717, 1.165) is 22.4 Å². The molecule has 0 radical (unpaired) electrons. The van der Waals surface area contributed by atoms with Crippen molar-refractivity contribution in [1.29, 1.82) is 0 Å². The van der Waals surface area contributed by atoms with Gasteiger partial charge in [0.25, 0.3) is 0 Å². The highest BCUT2D eigenvalue weighted by atomic mass is 16.3. The van der Waals surface area contributed by atoms with Crippen LogP contribution < -0.4 is 10.6 Å². The number of carbonyl (C=O) groups is 1. The molecule has 0 saturated carbocycles. The Morgan fingerprint density at radius 3 is 2.50 bits per heavy atom. The summed E-state index contributed by atoms with van der Waals surface area (Å²) in [6.45, 7) is 6.34. The number of hydrogen-bond donors (Lipinski definition) is 3. The summed E-state index contributed by atoms with van der Waals surface area (Å²) < 4.78 is 0. The van der Waals surface area contributed by atoms with E-state index in [-0.39, 0.29) is 17.5 Å². The molecule has 0 bridgehead atoms. The van der Waals surface area contributed by atoms with Crippen LogP contribution in [0.3, 0.4) is 0 Å². The van der Waals surface area contributed by atoms with Crippen LogP contribution in [-0.4, -0.2) is 17.2 Å². The molecule has 0 fully saturated rings. The molecule has 0 spiro atoms. The largest absolute Gasteiger partial charge is 0.390 e. The summed E-state index contributed by atoms with van der Waals surface area (Å²) in [5.74, 6) is 0. The quantitative estimate of drug-likeness (QED) is 0.787. The molecule has 24 heavy (non-hydrogen) atoms. The van der Waals surface area contributed by atoms with E-state index in [4.69, 9.17) is 0 Å². The smallest absolute Gasteiger partial charge is 0.319 e. The Labute approximate surface area is 142 Å². The van der Waals surface area contributed by atoms with Crippen LogP contribution in [0.1, 0.15) is 43.5 Å². The Balaban J connectivity index is 1.76. The van der Waals surface area contributed by atoms with Crippen molar-refractivity contribution in [1.82, 2.24) is 5.32 Å². The predicted octanol–water partition coefficient (Wildman–Crippen LogP) is 3.76. The van der Waals surface area contributed by atoms with Gasteiger partial charge in [-0.15, -0.1) is 0 Å². The van der Waals surface area contributed by atoms with E-state index in [1.165, 1.54) is 0 Å². The molecular weight excluding hydrogens is 300 g/mol. The number of urea groups is 1. The van der Waals surface area contributed by atoms with Gasteiger partial charge in [0.05, 0.1) is 12.1 Å². The molecular formula is C20H24N2O2. The van der Waals surface area contributed by atoms with Gasteiger partial charge < -0.3 is 15.7 Å². The van der Waals surface area contributed by atoms with E-state index < -0.39 is 6.10 Å². The van der Waals surface area contributed by atoms with E-state index in [1.54, 1.807) is 0 Å². The zero-order chi connectivity index (χ0) is 17.3. The van der Waals surface area contributed by atoms with Gasteiger partial charge in [-0.3, -0.25) is 0 Å². The molecule has 2 atom stereocenters. The number of anilines is 1. The number of aliphatic hydroxyl groups is 1. The lowest BCUT2D eigenvalue weighted by molar-refractivity contribution is 0.144. The van der Waals surface area contributed by atoms with Crippen molar-refractivity contribution in [3.63, 3.8) is 0 Å². The maximum atomic E-state index is 12.5. The molecule has 4 heteroatoms. The Morgan fingerprint density at radius 2 is 1.75 bits per heavy atom. The van der Waals surface area contributed by atoms with Crippen molar-refractivity contribution in [3.05, 3.63) is 65.2 Å². The standard InChI is InChI=1S/C20H24N2O2/c1-20(2,3)15-10-6-7-11-16(15)21-19(24)22-18-14-9-5-4-8-13(14)12-17(18)23/h4-11,17-18,23H,12H2,1-3H3,(H2,21,22,24)/t17-,18+/m1/s1. The first-order valence-corrected chi connectivity index (χ1v) is 8.29. The maximum Gasteiger partial charge on any atom is 0.319 e. The number of benzene rings is 2. The highest BCUT2D eigenvalue weighted by molar-refractivity contribution is 5.90. The molecule has 1 aliphatic carbocycles. The highest BCUT2D eigenvalue weighted by Crippen LogP contribution is 2.32. The number of nitrogens with one attached hydrogen (secondary N) is 2. The summed E-state index contributed by atoms with van der Waals surface area (Å²) >= 11 is 0. The Hall–Kier alpha value is -2.33. The number of fused-ring (bicyclic) bond motifs is 1. The lowest BCUT2D eigenvalue weighted by Crippen LogP contribution is -2.37. The van der Waals surface area contributed by atoms with E-state index >= 15 is 0 Å². The van der Waals surface area contributed by atoms with Crippen molar-refractivity contribution in [2.75, 3.05) is 5.32 Å². The highest BCUT2D eigenvalue weighted by Gasteiger charge is 2.32. The van der Waals surface area contributed by atoms with Crippen LogP contribution in [0.4, 0.5) is 10.5 Å². The average Bonchev–Trinajstić information content (AvgIpc) is 2.83. The molecule has 0 heterocycles. The van der Waals surface area contributed by atoms with Crippen LogP contribution in [-0.2, 0) is 11.8 Å². The maximum absolute atomic E-state index is 12.5. The molecule has 126 valence electrons. The fraction of sp³-hybridized carbons (Fsp3) is 0.350. The van der Waals surface area contributed by atoms with Crippen LogP contribution in [0, 0.1) is 0 Å². The van der Waals surface area contributed by atoms with Crippen LogP contribution in [0.2, 0.25) is 0 Å². The third-order valence-corrected chi connectivity index (χ3v) is 4.47. The first-order valence-electron chi connectivity index (χ1n) is 8.29. The first kappa shape index (κ1) is 16.5. The number of hydrogen-bond acceptors (Lipinski definition) is 2. The third-order valence-electron chi connectivity index (χ3n) is 4.47. The van der Waals surface area contributed by atoms with Crippen molar-refractivity contribution < 1.29 is 9.90 Å². The second-order valence-corrected chi connectivity index (χ2v) is 7.34. The summed E-state index contributed by atoms with van der Waals surface area (Å²) in [6.07, 6.45) is -0.0225. The van der Waals surface area contributed by atoms with Crippen LogP contribution in [0.15, 0.2) is 48.5 Å².